The van der Waals surface area contributed by atoms with E-state index in [-0.39, 0.29) is 18.0 Å². The quantitative estimate of drug-likeness (QED) is 0.456. The zero-order chi connectivity index (χ0) is 19.5. The molecule has 0 aliphatic heterocycles. The first-order valence-electron chi connectivity index (χ1n) is 7.72. The van der Waals surface area contributed by atoms with Gasteiger partial charge in [0.1, 0.15) is 11.4 Å². The summed E-state index contributed by atoms with van der Waals surface area (Å²) in [4.78, 5) is 22.4. The summed E-state index contributed by atoms with van der Waals surface area (Å²) < 4.78 is 25.3. The highest BCUT2D eigenvalue weighted by Crippen LogP contribution is 2.34. The number of nitro benzene ring substituents is 1. The van der Waals surface area contributed by atoms with E-state index in [0.29, 0.717) is 5.69 Å². The van der Waals surface area contributed by atoms with Crippen LogP contribution in [0.1, 0.15) is 20.8 Å². The Labute approximate surface area is 148 Å². The lowest BCUT2D eigenvalue weighted by atomic mass is 10.1. The second kappa shape index (κ2) is 7.38. The number of rotatable bonds is 7. The molecule has 0 saturated carbocycles. The predicted octanol–water partition coefficient (Wildman–Crippen LogP) is 2.98. The van der Waals surface area contributed by atoms with Crippen LogP contribution in [0, 0.1) is 15.9 Å². The number of carbonyl (C=O) groups is 1. The van der Waals surface area contributed by atoms with Crippen LogP contribution in [0.5, 0.6) is 5.75 Å². The molecule has 0 aliphatic rings. The first-order chi connectivity index (χ1) is 12.2. The van der Waals surface area contributed by atoms with Gasteiger partial charge < -0.3 is 14.8 Å². The Kier molecular flexibility index (Phi) is 5.44. The van der Waals surface area contributed by atoms with Gasteiger partial charge in [-0.2, -0.15) is 9.49 Å². The van der Waals surface area contributed by atoms with Crippen LogP contribution in [0.25, 0.3) is 0 Å². The molecule has 140 valence electrons. The maximum absolute atomic E-state index is 14.0. The van der Waals surface area contributed by atoms with Crippen molar-refractivity contribution in [3.8, 4) is 5.75 Å². The third-order valence-electron chi connectivity index (χ3n) is 3.66. The summed E-state index contributed by atoms with van der Waals surface area (Å²) in [6, 6.07) is 2.23. The predicted molar refractivity (Wildman–Crippen MR) is 91.1 cm³/mol. The van der Waals surface area contributed by atoms with Gasteiger partial charge in [0.2, 0.25) is 5.82 Å². The Morgan fingerprint density at radius 2 is 2.15 bits per heavy atom. The van der Waals surface area contributed by atoms with Crippen LogP contribution < -0.4 is 10.1 Å². The third-order valence-corrected chi connectivity index (χ3v) is 3.66. The molecule has 1 N–H and O–H groups in total. The fraction of sp³-hybridized carbons (Fsp3) is 0.375. The van der Waals surface area contributed by atoms with Crippen LogP contribution in [0.15, 0.2) is 24.5 Å². The molecule has 9 nitrogen and oxygen atoms in total. The number of nitrogens with zero attached hydrogens (tertiary/aromatic N) is 3. The number of carbonyl (C=O) groups excluding carboxylic acids is 1. The standard InChI is InChI=1S/C16H19FN4O5/c1-5-26-15(22)16(2,3)20-9-10(8-18-20)19-13-7-11(25-4)6-12(17)14(13)21(23)24/h6-9,19H,5H2,1-4H3. The van der Waals surface area contributed by atoms with Crippen molar-refractivity contribution < 1.29 is 23.6 Å². The van der Waals surface area contributed by atoms with E-state index in [1.165, 1.54) is 30.3 Å². The van der Waals surface area contributed by atoms with Gasteiger partial charge in [-0.3, -0.25) is 14.8 Å². The summed E-state index contributed by atoms with van der Waals surface area (Å²) in [5.74, 6) is -1.39. The molecule has 0 saturated heterocycles. The van der Waals surface area contributed by atoms with Crippen LogP contribution in [0.4, 0.5) is 21.5 Å². The van der Waals surface area contributed by atoms with Gasteiger partial charge in [0.25, 0.3) is 0 Å². The second-order valence-corrected chi connectivity index (χ2v) is 5.84. The van der Waals surface area contributed by atoms with Gasteiger partial charge >= 0.3 is 11.7 Å². The number of anilines is 2. The maximum atomic E-state index is 14.0. The minimum absolute atomic E-state index is 0.0969. The average molecular weight is 366 g/mol. The lowest BCUT2D eigenvalue weighted by molar-refractivity contribution is -0.386. The molecule has 26 heavy (non-hydrogen) atoms. The van der Waals surface area contributed by atoms with Crippen molar-refractivity contribution in [3.05, 3.63) is 40.5 Å². The van der Waals surface area contributed by atoms with Crippen molar-refractivity contribution in [2.24, 2.45) is 0 Å². The molecular weight excluding hydrogens is 347 g/mol. The highest BCUT2D eigenvalue weighted by Gasteiger charge is 2.32. The normalized spacial score (nSPS) is 11.1. The van der Waals surface area contributed by atoms with Gasteiger partial charge in [-0.1, -0.05) is 0 Å². The van der Waals surface area contributed by atoms with Gasteiger partial charge in [0, 0.05) is 18.3 Å². The number of aromatic nitrogens is 2. The smallest absolute Gasteiger partial charge is 0.333 e. The number of esters is 1. The average Bonchev–Trinajstić information content (AvgIpc) is 3.03. The molecule has 10 heteroatoms. The molecule has 1 aromatic heterocycles. The van der Waals surface area contributed by atoms with E-state index >= 15 is 0 Å². The van der Waals surface area contributed by atoms with Crippen molar-refractivity contribution in [2.75, 3.05) is 19.0 Å². The Morgan fingerprint density at radius 3 is 2.73 bits per heavy atom. The zero-order valence-electron chi connectivity index (χ0n) is 14.8. The van der Waals surface area contributed by atoms with Gasteiger partial charge in [-0.15, -0.1) is 0 Å². The van der Waals surface area contributed by atoms with E-state index in [4.69, 9.17) is 9.47 Å². The largest absolute Gasteiger partial charge is 0.497 e. The van der Waals surface area contributed by atoms with Gasteiger partial charge in [0.05, 0.1) is 30.5 Å². The fourth-order valence-electron chi connectivity index (χ4n) is 2.22. The van der Waals surface area contributed by atoms with E-state index < -0.39 is 27.9 Å². The first-order valence-corrected chi connectivity index (χ1v) is 7.72. The van der Waals surface area contributed by atoms with Crippen LogP contribution in [-0.4, -0.2) is 34.4 Å². The van der Waals surface area contributed by atoms with Crippen LogP contribution in [-0.2, 0) is 15.1 Å². The molecule has 0 radical (unpaired) electrons. The molecule has 0 fully saturated rings. The van der Waals surface area contributed by atoms with E-state index in [2.05, 4.69) is 10.4 Å². The summed E-state index contributed by atoms with van der Waals surface area (Å²) in [5.41, 5.74) is -1.57. The Bertz CT molecular complexity index is 834. The number of halogens is 1. The topological polar surface area (TPSA) is 109 Å². The number of ether oxygens (including phenoxy) is 2. The lowest BCUT2D eigenvalue weighted by Crippen LogP contribution is -2.37. The Balaban J connectivity index is 2.36. The number of hydrogen-bond acceptors (Lipinski definition) is 7. The summed E-state index contributed by atoms with van der Waals surface area (Å²) in [5, 5.41) is 18.0. The molecule has 0 unspecified atom stereocenters. The van der Waals surface area contributed by atoms with Crippen LogP contribution in [0.2, 0.25) is 0 Å². The van der Waals surface area contributed by atoms with Crippen LogP contribution >= 0.6 is 0 Å². The van der Waals surface area contributed by atoms with E-state index in [9.17, 15) is 19.3 Å². The van der Waals surface area contributed by atoms with E-state index in [1.54, 1.807) is 20.8 Å². The van der Waals surface area contributed by atoms with Crippen LogP contribution in [0.3, 0.4) is 0 Å². The molecular formula is C16H19FN4O5. The van der Waals surface area contributed by atoms with Gasteiger partial charge in [-0.05, 0) is 20.8 Å². The zero-order valence-corrected chi connectivity index (χ0v) is 14.8. The fourth-order valence-corrected chi connectivity index (χ4v) is 2.22. The van der Waals surface area contributed by atoms with Gasteiger partial charge in [0.15, 0.2) is 5.54 Å². The minimum atomic E-state index is -1.08. The number of benzene rings is 1. The molecule has 2 aromatic rings. The molecule has 0 atom stereocenters. The van der Waals surface area contributed by atoms with Crippen molar-refractivity contribution in [3.63, 3.8) is 0 Å². The Hall–Kier alpha value is -3.17. The molecule has 2 rings (SSSR count). The summed E-state index contributed by atoms with van der Waals surface area (Å²) in [6.07, 6.45) is 2.83. The summed E-state index contributed by atoms with van der Waals surface area (Å²) in [6.45, 7) is 5.16. The Morgan fingerprint density at radius 1 is 1.46 bits per heavy atom. The third kappa shape index (κ3) is 3.73. The molecule has 0 amide bonds. The lowest BCUT2D eigenvalue weighted by Gasteiger charge is -2.22. The molecule has 0 spiro atoms. The maximum Gasteiger partial charge on any atom is 0.333 e. The second-order valence-electron chi connectivity index (χ2n) is 5.84. The number of hydrogen-bond donors (Lipinski definition) is 1. The van der Waals surface area contributed by atoms with Crippen molar-refractivity contribution in [1.29, 1.82) is 0 Å². The molecule has 1 heterocycles. The SMILES string of the molecule is CCOC(=O)C(C)(C)n1cc(Nc2cc(OC)cc(F)c2[N+](=O)[O-])cn1. The van der Waals surface area contributed by atoms with Crippen molar-refractivity contribution in [2.45, 2.75) is 26.3 Å². The minimum Gasteiger partial charge on any atom is -0.497 e. The number of nitrogens with one attached hydrogen (secondary N) is 1. The van der Waals surface area contributed by atoms with E-state index in [1.807, 2.05) is 0 Å². The highest BCUT2D eigenvalue weighted by molar-refractivity contribution is 5.78. The first kappa shape index (κ1) is 19.2. The van der Waals surface area contributed by atoms with E-state index in [0.717, 1.165) is 6.07 Å². The molecule has 1 aromatic carbocycles. The molecule has 0 aliphatic carbocycles. The van der Waals surface area contributed by atoms with Crippen molar-refractivity contribution in [1.82, 2.24) is 9.78 Å². The van der Waals surface area contributed by atoms with Crippen molar-refractivity contribution >= 4 is 23.0 Å². The number of nitro groups is 1. The monoisotopic (exact) mass is 366 g/mol. The highest BCUT2D eigenvalue weighted by atomic mass is 19.1. The summed E-state index contributed by atoms with van der Waals surface area (Å²) in [7, 11) is 1.32. The number of methoxy groups -OCH3 is 1. The van der Waals surface area contributed by atoms with Gasteiger partial charge in [-0.25, -0.2) is 4.79 Å². The summed E-state index contributed by atoms with van der Waals surface area (Å²) >= 11 is 0. The molecule has 0 bridgehead atoms.